The van der Waals surface area contributed by atoms with E-state index in [1.165, 1.54) is 13.2 Å². The first kappa shape index (κ1) is 15.4. The van der Waals surface area contributed by atoms with Gasteiger partial charge in [-0.2, -0.15) is 0 Å². The van der Waals surface area contributed by atoms with E-state index in [0.29, 0.717) is 31.1 Å². The molecule has 3 rings (SSSR count). The summed E-state index contributed by atoms with van der Waals surface area (Å²) in [6.45, 7) is 2.83. The van der Waals surface area contributed by atoms with Crippen LogP contribution in [0.5, 0.6) is 5.75 Å². The quantitative estimate of drug-likeness (QED) is 0.672. The van der Waals surface area contributed by atoms with Crippen LogP contribution in [0, 0.1) is 10.1 Å². The van der Waals surface area contributed by atoms with Crippen molar-refractivity contribution in [3.63, 3.8) is 0 Å². The summed E-state index contributed by atoms with van der Waals surface area (Å²) in [5, 5.41) is 14.1. The van der Waals surface area contributed by atoms with Crippen LogP contribution in [0.25, 0.3) is 0 Å². The number of carbonyl (C=O) groups excluding carboxylic acids is 1. The molecule has 8 nitrogen and oxygen atoms in total. The first-order valence-electron chi connectivity index (χ1n) is 7.72. The maximum atomic E-state index is 11.7. The molecule has 2 aliphatic heterocycles. The summed E-state index contributed by atoms with van der Waals surface area (Å²) in [5.41, 5.74) is 0.668. The monoisotopic (exact) mass is 320 g/mol. The molecule has 0 unspecified atom stereocenters. The van der Waals surface area contributed by atoms with Gasteiger partial charge in [0.1, 0.15) is 11.4 Å². The highest BCUT2D eigenvalue weighted by molar-refractivity contribution is 5.76. The molecule has 1 N–H and O–H groups in total. The van der Waals surface area contributed by atoms with Gasteiger partial charge in [-0.25, -0.2) is 4.79 Å². The standard InChI is InChI=1S/C15H20N4O4/c1-23-12-2-3-13(14(10-12)19(21)22)17-7-4-11(5-8-17)18-9-6-16-15(18)20/h2-3,10-11H,4-9H2,1H3,(H,16,20). The molecule has 0 bridgehead atoms. The summed E-state index contributed by atoms with van der Waals surface area (Å²) >= 11 is 0. The van der Waals surface area contributed by atoms with E-state index in [4.69, 9.17) is 4.74 Å². The van der Waals surface area contributed by atoms with Gasteiger partial charge in [-0.15, -0.1) is 0 Å². The van der Waals surface area contributed by atoms with E-state index in [-0.39, 0.29) is 22.7 Å². The first-order valence-corrected chi connectivity index (χ1v) is 7.72. The van der Waals surface area contributed by atoms with Gasteiger partial charge in [-0.1, -0.05) is 0 Å². The Morgan fingerprint density at radius 1 is 1.30 bits per heavy atom. The summed E-state index contributed by atoms with van der Waals surface area (Å²) in [4.78, 5) is 26.6. The van der Waals surface area contributed by atoms with Crippen molar-refractivity contribution in [1.29, 1.82) is 0 Å². The van der Waals surface area contributed by atoms with Crippen LogP contribution < -0.4 is 15.0 Å². The van der Waals surface area contributed by atoms with Crippen LogP contribution in [-0.2, 0) is 0 Å². The number of hydrogen-bond donors (Lipinski definition) is 1. The van der Waals surface area contributed by atoms with Crippen LogP contribution in [0.3, 0.4) is 0 Å². The molecular formula is C15H20N4O4. The van der Waals surface area contributed by atoms with Gasteiger partial charge in [0, 0.05) is 32.2 Å². The molecule has 2 amide bonds. The van der Waals surface area contributed by atoms with E-state index in [0.717, 1.165) is 19.4 Å². The zero-order chi connectivity index (χ0) is 16.4. The van der Waals surface area contributed by atoms with Crippen molar-refractivity contribution in [2.75, 3.05) is 38.2 Å². The Kier molecular flexibility index (Phi) is 4.22. The number of urea groups is 1. The van der Waals surface area contributed by atoms with Gasteiger partial charge in [0.05, 0.1) is 18.1 Å². The molecular weight excluding hydrogens is 300 g/mol. The number of hydrogen-bond acceptors (Lipinski definition) is 5. The molecule has 0 radical (unpaired) electrons. The second-order valence-corrected chi connectivity index (χ2v) is 5.76. The lowest BCUT2D eigenvalue weighted by Crippen LogP contribution is -2.46. The van der Waals surface area contributed by atoms with Gasteiger partial charge in [0.15, 0.2) is 0 Å². The Balaban J connectivity index is 1.72. The van der Waals surface area contributed by atoms with Crippen LogP contribution in [0.15, 0.2) is 18.2 Å². The van der Waals surface area contributed by atoms with Gasteiger partial charge >= 0.3 is 6.03 Å². The minimum absolute atomic E-state index is 0.00104. The minimum Gasteiger partial charge on any atom is -0.496 e. The number of ether oxygens (including phenoxy) is 1. The van der Waals surface area contributed by atoms with Crippen molar-refractivity contribution in [1.82, 2.24) is 10.2 Å². The fraction of sp³-hybridized carbons (Fsp3) is 0.533. The Bertz CT molecular complexity index is 613. The predicted octanol–water partition coefficient (Wildman–Crippen LogP) is 1.60. The second-order valence-electron chi connectivity index (χ2n) is 5.76. The topological polar surface area (TPSA) is 88.0 Å². The van der Waals surface area contributed by atoms with Gasteiger partial charge in [-0.3, -0.25) is 10.1 Å². The third-order valence-electron chi connectivity index (χ3n) is 4.52. The van der Waals surface area contributed by atoms with E-state index >= 15 is 0 Å². The van der Waals surface area contributed by atoms with Crippen molar-refractivity contribution in [3.05, 3.63) is 28.3 Å². The molecule has 2 aliphatic rings. The van der Waals surface area contributed by atoms with E-state index in [1.807, 2.05) is 9.80 Å². The van der Waals surface area contributed by atoms with E-state index in [9.17, 15) is 14.9 Å². The average Bonchev–Trinajstić information content (AvgIpc) is 3.00. The molecule has 2 fully saturated rings. The summed E-state index contributed by atoms with van der Waals surface area (Å²) < 4.78 is 5.07. The highest BCUT2D eigenvalue weighted by Crippen LogP contribution is 2.34. The number of piperidine rings is 1. The summed E-state index contributed by atoms with van der Waals surface area (Å²) in [7, 11) is 1.49. The van der Waals surface area contributed by atoms with Crippen molar-refractivity contribution in [2.24, 2.45) is 0 Å². The number of amides is 2. The molecule has 0 aliphatic carbocycles. The van der Waals surface area contributed by atoms with Crippen LogP contribution in [-0.4, -0.2) is 55.2 Å². The minimum atomic E-state index is -0.377. The number of methoxy groups -OCH3 is 1. The van der Waals surface area contributed by atoms with Crippen molar-refractivity contribution >= 4 is 17.4 Å². The number of nitro groups is 1. The first-order chi connectivity index (χ1) is 11.1. The molecule has 2 saturated heterocycles. The van der Waals surface area contributed by atoms with Crippen molar-refractivity contribution in [2.45, 2.75) is 18.9 Å². The van der Waals surface area contributed by atoms with E-state index in [1.54, 1.807) is 12.1 Å². The summed E-state index contributed by atoms with van der Waals surface area (Å²) in [5.74, 6) is 0.476. The third kappa shape index (κ3) is 3.01. The van der Waals surface area contributed by atoms with Gasteiger partial charge < -0.3 is 19.9 Å². The molecule has 0 atom stereocenters. The van der Waals surface area contributed by atoms with Gasteiger partial charge in [0.2, 0.25) is 0 Å². The number of nitrogens with one attached hydrogen (secondary N) is 1. The number of nitro benzene ring substituents is 1. The van der Waals surface area contributed by atoms with E-state index in [2.05, 4.69) is 5.32 Å². The summed E-state index contributed by atoms with van der Waals surface area (Å²) in [6, 6.07) is 5.14. The molecule has 23 heavy (non-hydrogen) atoms. The Labute approximate surface area is 134 Å². The van der Waals surface area contributed by atoms with Gasteiger partial charge in [-0.05, 0) is 25.0 Å². The molecule has 0 aromatic heterocycles. The molecule has 1 aromatic carbocycles. The second kappa shape index (κ2) is 6.31. The van der Waals surface area contributed by atoms with Crippen LogP contribution in [0.2, 0.25) is 0 Å². The zero-order valence-corrected chi connectivity index (χ0v) is 13.0. The Morgan fingerprint density at radius 2 is 2.04 bits per heavy atom. The molecule has 1 aromatic rings. The lowest BCUT2D eigenvalue weighted by molar-refractivity contribution is -0.384. The molecule has 124 valence electrons. The van der Waals surface area contributed by atoms with E-state index < -0.39 is 0 Å². The number of nitrogens with zero attached hydrogens (tertiary/aromatic N) is 3. The fourth-order valence-corrected chi connectivity index (χ4v) is 3.30. The Morgan fingerprint density at radius 3 is 2.61 bits per heavy atom. The molecule has 2 heterocycles. The van der Waals surface area contributed by atoms with Crippen LogP contribution in [0.1, 0.15) is 12.8 Å². The molecule has 0 saturated carbocycles. The fourth-order valence-electron chi connectivity index (χ4n) is 3.30. The Hall–Kier alpha value is -2.51. The largest absolute Gasteiger partial charge is 0.496 e. The lowest BCUT2D eigenvalue weighted by Gasteiger charge is -2.37. The summed E-state index contributed by atoms with van der Waals surface area (Å²) in [6.07, 6.45) is 1.63. The number of anilines is 1. The molecule has 8 heteroatoms. The van der Waals surface area contributed by atoms with Gasteiger partial charge in [0.25, 0.3) is 5.69 Å². The van der Waals surface area contributed by atoms with Crippen LogP contribution >= 0.6 is 0 Å². The number of rotatable bonds is 4. The highest BCUT2D eigenvalue weighted by atomic mass is 16.6. The smallest absolute Gasteiger partial charge is 0.317 e. The average molecular weight is 320 g/mol. The highest BCUT2D eigenvalue weighted by Gasteiger charge is 2.32. The normalized spacial score (nSPS) is 18.9. The number of carbonyl (C=O) groups is 1. The van der Waals surface area contributed by atoms with Crippen molar-refractivity contribution in [3.8, 4) is 5.75 Å². The SMILES string of the molecule is COc1ccc(N2CCC(N3CCNC3=O)CC2)c([N+](=O)[O-])c1. The zero-order valence-electron chi connectivity index (χ0n) is 13.0. The third-order valence-corrected chi connectivity index (χ3v) is 4.52. The van der Waals surface area contributed by atoms with Crippen LogP contribution in [0.4, 0.5) is 16.2 Å². The predicted molar refractivity (Wildman–Crippen MR) is 85.0 cm³/mol. The molecule has 0 spiro atoms. The maximum absolute atomic E-state index is 11.7. The number of benzene rings is 1. The van der Waals surface area contributed by atoms with Crippen molar-refractivity contribution < 1.29 is 14.5 Å². The lowest BCUT2D eigenvalue weighted by atomic mass is 10.0. The maximum Gasteiger partial charge on any atom is 0.317 e.